The van der Waals surface area contributed by atoms with Gasteiger partial charge in [-0.3, -0.25) is 0 Å². The number of imidazole rings is 1. The van der Waals surface area contributed by atoms with E-state index in [-0.39, 0.29) is 5.82 Å². The summed E-state index contributed by atoms with van der Waals surface area (Å²) in [6, 6.07) is 3.77. The van der Waals surface area contributed by atoms with Gasteiger partial charge < -0.3 is 4.57 Å². The van der Waals surface area contributed by atoms with Crippen LogP contribution in [0.2, 0.25) is 0 Å². The van der Waals surface area contributed by atoms with Crippen LogP contribution in [0.4, 0.5) is 4.39 Å². The maximum Gasteiger partial charge on any atom is 0.139 e. The zero-order chi connectivity index (χ0) is 15.0. The first-order valence-electron chi connectivity index (χ1n) is 7.57. The van der Waals surface area contributed by atoms with Crippen LogP contribution < -0.4 is 0 Å². The van der Waals surface area contributed by atoms with Crippen LogP contribution in [0.1, 0.15) is 50.9 Å². The zero-order valence-electron chi connectivity index (χ0n) is 12.1. The molecule has 2 atom stereocenters. The Morgan fingerprint density at radius 2 is 2.14 bits per heavy atom. The van der Waals surface area contributed by atoms with Crippen molar-refractivity contribution in [2.24, 2.45) is 5.92 Å². The molecule has 2 unspecified atom stereocenters. The molecule has 0 amide bonds. The highest BCUT2D eigenvalue weighted by Gasteiger charge is 2.28. The quantitative estimate of drug-likeness (QED) is 0.620. The van der Waals surface area contributed by atoms with Gasteiger partial charge in [-0.15, -0.1) is 11.6 Å². The van der Waals surface area contributed by atoms with Gasteiger partial charge in [0.05, 0.1) is 21.4 Å². The van der Waals surface area contributed by atoms with E-state index in [1.807, 2.05) is 6.07 Å². The normalized spacial score (nSPS) is 22.9. The van der Waals surface area contributed by atoms with Gasteiger partial charge in [-0.2, -0.15) is 0 Å². The van der Waals surface area contributed by atoms with Crippen molar-refractivity contribution in [2.45, 2.75) is 50.9 Å². The van der Waals surface area contributed by atoms with E-state index in [1.54, 1.807) is 0 Å². The number of hydrogen-bond acceptors (Lipinski definition) is 1. The molecule has 1 fully saturated rings. The molecule has 0 bridgehead atoms. The first-order valence-corrected chi connectivity index (χ1v) is 8.90. The van der Waals surface area contributed by atoms with E-state index in [4.69, 9.17) is 11.6 Å². The van der Waals surface area contributed by atoms with Crippen molar-refractivity contribution >= 4 is 38.6 Å². The van der Waals surface area contributed by atoms with Gasteiger partial charge in [0, 0.05) is 12.1 Å². The Bertz CT molecular complexity index is 655. The van der Waals surface area contributed by atoms with Crippen LogP contribution >= 0.6 is 27.5 Å². The Morgan fingerprint density at radius 1 is 1.38 bits per heavy atom. The SMILES string of the molecule is CCC1CCCCC1n1c(CCl)nc2cc(F)c(Br)cc21. The third-order valence-electron chi connectivity index (χ3n) is 4.65. The molecule has 0 radical (unpaired) electrons. The van der Waals surface area contributed by atoms with Crippen LogP contribution in [0.25, 0.3) is 11.0 Å². The van der Waals surface area contributed by atoms with Gasteiger partial charge in [-0.05, 0) is 40.8 Å². The molecule has 0 aliphatic heterocycles. The maximum atomic E-state index is 13.7. The summed E-state index contributed by atoms with van der Waals surface area (Å²) in [6.45, 7) is 2.25. The van der Waals surface area contributed by atoms with Crippen molar-refractivity contribution in [3.63, 3.8) is 0 Å². The van der Waals surface area contributed by atoms with E-state index >= 15 is 0 Å². The molecule has 1 saturated carbocycles. The van der Waals surface area contributed by atoms with Crippen molar-refractivity contribution in [2.75, 3.05) is 0 Å². The molecular weight excluding hydrogens is 355 g/mol. The fraction of sp³-hybridized carbons (Fsp3) is 0.562. The Morgan fingerprint density at radius 3 is 2.86 bits per heavy atom. The van der Waals surface area contributed by atoms with Crippen molar-refractivity contribution in [3.8, 4) is 0 Å². The van der Waals surface area contributed by atoms with E-state index in [0.717, 1.165) is 24.2 Å². The van der Waals surface area contributed by atoms with E-state index in [9.17, 15) is 4.39 Å². The summed E-state index contributed by atoms with van der Waals surface area (Å²) in [4.78, 5) is 4.55. The molecule has 2 aromatic rings. The Labute approximate surface area is 137 Å². The van der Waals surface area contributed by atoms with Crippen molar-refractivity contribution in [3.05, 3.63) is 28.2 Å². The molecule has 3 rings (SSSR count). The first-order chi connectivity index (χ1) is 10.2. The van der Waals surface area contributed by atoms with Crippen LogP contribution in [0, 0.1) is 11.7 Å². The van der Waals surface area contributed by atoms with Crippen molar-refractivity contribution in [1.29, 1.82) is 0 Å². The number of halogens is 3. The van der Waals surface area contributed by atoms with E-state index in [1.165, 1.54) is 25.3 Å². The maximum absolute atomic E-state index is 13.7. The summed E-state index contributed by atoms with van der Waals surface area (Å²) in [7, 11) is 0. The van der Waals surface area contributed by atoms with Gasteiger partial charge in [-0.1, -0.05) is 26.2 Å². The predicted molar refractivity (Wildman–Crippen MR) is 88.2 cm³/mol. The number of rotatable bonds is 3. The van der Waals surface area contributed by atoms with E-state index in [2.05, 4.69) is 32.4 Å². The number of aromatic nitrogens is 2. The number of hydrogen-bond donors (Lipinski definition) is 0. The molecule has 2 nitrogen and oxygen atoms in total. The minimum atomic E-state index is -0.274. The summed E-state index contributed by atoms with van der Waals surface area (Å²) in [5, 5.41) is 0. The fourth-order valence-electron chi connectivity index (χ4n) is 3.61. The summed E-state index contributed by atoms with van der Waals surface area (Å²) in [5.41, 5.74) is 1.69. The Kier molecular flexibility index (Phi) is 4.55. The van der Waals surface area contributed by atoms with Gasteiger partial charge in [-0.25, -0.2) is 9.37 Å². The lowest BCUT2D eigenvalue weighted by molar-refractivity contribution is 0.234. The van der Waals surface area contributed by atoms with Crippen LogP contribution in [0.5, 0.6) is 0 Å². The molecule has 1 aliphatic carbocycles. The van der Waals surface area contributed by atoms with E-state index in [0.29, 0.717) is 27.8 Å². The van der Waals surface area contributed by atoms with Gasteiger partial charge in [0.15, 0.2) is 0 Å². The van der Waals surface area contributed by atoms with Gasteiger partial charge in [0.25, 0.3) is 0 Å². The topological polar surface area (TPSA) is 17.8 Å². The molecule has 21 heavy (non-hydrogen) atoms. The molecule has 1 aromatic heterocycles. The second kappa shape index (κ2) is 6.25. The van der Waals surface area contributed by atoms with Crippen LogP contribution in [-0.4, -0.2) is 9.55 Å². The van der Waals surface area contributed by atoms with Gasteiger partial charge >= 0.3 is 0 Å². The number of fused-ring (bicyclic) bond motifs is 1. The standard InChI is InChI=1S/C16H19BrClFN2/c1-2-10-5-3-4-6-14(10)21-15-7-11(17)12(19)8-13(15)20-16(21)9-18/h7-8,10,14H,2-6,9H2,1H3. The monoisotopic (exact) mass is 372 g/mol. The fourth-order valence-corrected chi connectivity index (χ4v) is 4.13. The minimum absolute atomic E-state index is 0.274. The van der Waals surface area contributed by atoms with Crippen LogP contribution in [-0.2, 0) is 5.88 Å². The Balaban J connectivity index is 2.17. The summed E-state index contributed by atoms with van der Waals surface area (Å²) < 4.78 is 16.5. The molecule has 5 heteroatoms. The molecule has 114 valence electrons. The number of alkyl halides is 1. The second-order valence-corrected chi connectivity index (χ2v) is 6.93. The largest absolute Gasteiger partial charge is 0.324 e. The van der Waals surface area contributed by atoms with Gasteiger partial charge in [0.1, 0.15) is 11.6 Å². The third kappa shape index (κ3) is 2.72. The summed E-state index contributed by atoms with van der Waals surface area (Å²) in [6.07, 6.45) is 6.11. The highest BCUT2D eigenvalue weighted by Crippen LogP contribution is 2.39. The smallest absolute Gasteiger partial charge is 0.139 e. The van der Waals surface area contributed by atoms with Crippen LogP contribution in [0.3, 0.4) is 0 Å². The van der Waals surface area contributed by atoms with E-state index < -0.39 is 0 Å². The molecule has 0 saturated heterocycles. The van der Waals surface area contributed by atoms with Crippen molar-refractivity contribution in [1.82, 2.24) is 9.55 Å². The number of nitrogens with zero attached hydrogens (tertiary/aromatic N) is 2. The minimum Gasteiger partial charge on any atom is -0.324 e. The lowest BCUT2D eigenvalue weighted by atomic mass is 9.82. The average molecular weight is 374 g/mol. The molecule has 1 aromatic carbocycles. The van der Waals surface area contributed by atoms with Gasteiger partial charge in [0.2, 0.25) is 0 Å². The molecule has 0 spiro atoms. The molecule has 0 N–H and O–H groups in total. The zero-order valence-corrected chi connectivity index (χ0v) is 14.4. The lowest BCUT2D eigenvalue weighted by Gasteiger charge is -2.33. The highest BCUT2D eigenvalue weighted by molar-refractivity contribution is 9.10. The Hall–Kier alpha value is -0.610. The third-order valence-corrected chi connectivity index (χ3v) is 5.50. The highest BCUT2D eigenvalue weighted by atomic mass is 79.9. The first kappa shape index (κ1) is 15.3. The average Bonchev–Trinajstić information content (AvgIpc) is 2.85. The molecular formula is C16H19BrClFN2. The van der Waals surface area contributed by atoms with Crippen molar-refractivity contribution < 1.29 is 4.39 Å². The summed E-state index contributed by atoms with van der Waals surface area (Å²) >= 11 is 9.39. The summed E-state index contributed by atoms with van der Waals surface area (Å²) in [5.74, 6) is 1.60. The molecule has 1 aliphatic rings. The number of benzene rings is 1. The predicted octanol–water partition coefficient (Wildman–Crippen LogP) is 5.82. The second-order valence-electron chi connectivity index (χ2n) is 5.81. The van der Waals surface area contributed by atoms with Crippen LogP contribution in [0.15, 0.2) is 16.6 Å². The molecule has 1 heterocycles. The lowest BCUT2D eigenvalue weighted by Crippen LogP contribution is -2.24.